The van der Waals surface area contributed by atoms with Gasteiger partial charge in [0.15, 0.2) is 0 Å². The van der Waals surface area contributed by atoms with E-state index in [1.54, 1.807) is 0 Å². The van der Waals surface area contributed by atoms with Crippen molar-refractivity contribution in [3.63, 3.8) is 0 Å². The van der Waals surface area contributed by atoms with Gasteiger partial charge in [0.2, 0.25) is 5.95 Å². The standard InChI is InChI=1S/C9H7BrF3NO2/c10-3-4-1-6(11)14-8(9(12)13)5(4)2-7(15)16/h1,9H,2-3H2,(H,15,16). The van der Waals surface area contributed by atoms with Gasteiger partial charge >= 0.3 is 5.97 Å². The van der Waals surface area contributed by atoms with E-state index in [-0.39, 0.29) is 16.5 Å². The smallest absolute Gasteiger partial charge is 0.307 e. The minimum atomic E-state index is -3.00. The minimum Gasteiger partial charge on any atom is -0.481 e. The summed E-state index contributed by atoms with van der Waals surface area (Å²) in [5.41, 5.74) is -0.775. The summed E-state index contributed by atoms with van der Waals surface area (Å²) in [6, 6.07) is 0.943. The summed E-state index contributed by atoms with van der Waals surface area (Å²) in [5, 5.41) is 8.67. The molecule has 0 atom stereocenters. The maximum absolute atomic E-state index is 12.9. The van der Waals surface area contributed by atoms with Crippen molar-refractivity contribution in [2.24, 2.45) is 0 Å². The Bertz CT molecular complexity index is 412. The van der Waals surface area contributed by atoms with Crippen molar-refractivity contribution in [2.75, 3.05) is 0 Å². The molecule has 3 nitrogen and oxygen atoms in total. The molecule has 0 aliphatic rings. The fourth-order valence-corrected chi connectivity index (χ4v) is 1.77. The van der Waals surface area contributed by atoms with Crippen LogP contribution in [0.25, 0.3) is 0 Å². The summed E-state index contributed by atoms with van der Waals surface area (Å²) in [6.45, 7) is 0. The average molecular weight is 298 g/mol. The van der Waals surface area contributed by atoms with Crippen LogP contribution >= 0.6 is 15.9 Å². The Balaban J connectivity index is 3.32. The van der Waals surface area contributed by atoms with Crippen molar-refractivity contribution < 1.29 is 23.1 Å². The molecule has 0 aliphatic heterocycles. The first-order chi connectivity index (χ1) is 7.45. The number of alkyl halides is 3. The van der Waals surface area contributed by atoms with Crippen molar-refractivity contribution in [3.05, 3.63) is 28.8 Å². The second kappa shape index (κ2) is 5.29. The number of rotatable bonds is 4. The monoisotopic (exact) mass is 297 g/mol. The van der Waals surface area contributed by atoms with Gasteiger partial charge < -0.3 is 5.11 Å². The van der Waals surface area contributed by atoms with Crippen LogP contribution in [0.15, 0.2) is 6.07 Å². The fourth-order valence-electron chi connectivity index (χ4n) is 1.27. The SMILES string of the molecule is O=C(O)Cc1c(CBr)cc(F)nc1C(F)F. The zero-order chi connectivity index (χ0) is 12.3. The molecule has 0 fully saturated rings. The maximum atomic E-state index is 12.9. The Morgan fingerprint density at radius 2 is 2.19 bits per heavy atom. The quantitative estimate of drug-likeness (QED) is 0.687. The molecular formula is C9H7BrF3NO2. The molecule has 0 unspecified atom stereocenters. The predicted molar refractivity (Wildman–Crippen MR) is 53.1 cm³/mol. The van der Waals surface area contributed by atoms with Crippen LogP contribution in [0, 0.1) is 5.95 Å². The molecule has 0 bridgehead atoms. The summed E-state index contributed by atoms with van der Waals surface area (Å²) in [6.07, 6.45) is -3.60. The first-order valence-corrected chi connectivity index (χ1v) is 5.32. The minimum absolute atomic E-state index is 0.0920. The molecule has 0 radical (unpaired) electrons. The summed E-state index contributed by atoms with van der Waals surface area (Å²) >= 11 is 2.98. The number of carbonyl (C=O) groups is 1. The Morgan fingerprint density at radius 3 is 2.62 bits per heavy atom. The molecule has 0 saturated carbocycles. The van der Waals surface area contributed by atoms with E-state index in [9.17, 15) is 18.0 Å². The Hall–Kier alpha value is -1.11. The number of hydrogen-bond acceptors (Lipinski definition) is 2. The molecule has 1 heterocycles. The second-order valence-corrected chi connectivity index (χ2v) is 3.53. The molecule has 0 amide bonds. The molecule has 1 rings (SSSR count). The van der Waals surface area contributed by atoms with Gasteiger partial charge in [0.1, 0.15) is 5.69 Å². The lowest BCUT2D eigenvalue weighted by molar-refractivity contribution is -0.136. The zero-order valence-corrected chi connectivity index (χ0v) is 9.47. The van der Waals surface area contributed by atoms with Crippen LogP contribution in [-0.4, -0.2) is 16.1 Å². The van der Waals surface area contributed by atoms with E-state index in [0.717, 1.165) is 6.07 Å². The van der Waals surface area contributed by atoms with Crippen molar-refractivity contribution in [2.45, 2.75) is 18.2 Å². The van der Waals surface area contributed by atoms with Gasteiger partial charge in [0.25, 0.3) is 6.43 Å². The second-order valence-electron chi connectivity index (χ2n) is 2.97. The molecule has 0 aromatic carbocycles. The summed E-state index contributed by atoms with van der Waals surface area (Å²) in [7, 11) is 0. The Labute approximate surface area is 97.4 Å². The van der Waals surface area contributed by atoms with E-state index in [2.05, 4.69) is 20.9 Å². The van der Waals surface area contributed by atoms with E-state index in [4.69, 9.17) is 5.11 Å². The van der Waals surface area contributed by atoms with Crippen LogP contribution in [0.1, 0.15) is 23.2 Å². The van der Waals surface area contributed by atoms with Gasteiger partial charge in [0, 0.05) is 5.33 Å². The first-order valence-electron chi connectivity index (χ1n) is 4.19. The van der Waals surface area contributed by atoms with Gasteiger partial charge in [-0.1, -0.05) is 15.9 Å². The average Bonchev–Trinajstić information content (AvgIpc) is 2.19. The molecule has 16 heavy (non-hydrogen) atoms. The van der Waals surface area contributed by atoms with E-state index in [1.165, 1.54) is 0 Å². The van der Waals surface area contributed by atoms with Crippen LogP contribution in [-0.2, 0) is 16.5 Å². The number of carboxylic acids is 1. The van der Waals surface area contributed by atoms with Crippen LogP contribution in [0.3, 0.4) is 0 Å². The molecule has 1 aromatic heterocycles. The van der Waals surface area contributed by atoms with E-state index >= 15 is 0 Å². The van der Waals surface area contributed by atoms with E-state index < -0.39 is 30.5 Å². The number of carboxylic acid groups (broad SMARTS) is 1. The number of halogens is 4. The normalized spacial score (nSPS) is 10.8. The molecule has 0 spiro atoms. The highest BCUT2D eigenvalue weighted by molar-refractivity contribution is 9.08. The van der Waals surface area contributed by atoms with Crippen molar-refractivity contribution >= 4 is 21.9 Å². The zero-order valence-electron chi connectivity index (χ0n) is 7.88. The van der Waals surface area contributed by atoms with Crippen molar-refractivity contribution in [3.8, 4) is 0 Å². The predicted octanol–water partition coefficient (Wildman–Crippen LogP) is 2.68. The number of pyridine rings is 1. The highest BCUT2D eigenvalue weighted by Crippen LogP contribution is 2.26. The Morgan fingerprint density at radius 1 is 1.56 bits per heavy atom. The third-order valence-corrected chi connectivity index (χ3v) is 2.50. The van der Waals surface area contributed by atoms with Gasteiger partial charge in [-0.25, -0.2) is 13.8 Å². The molecule has 1 N–H and O–H groups in total. The van der Waals surface area contributed by atoms with Crippen LogP contribution in [0.4, 0.5) is 13.2 Å². The number of nitrogens with zero attached hydrogens (tertiary/aromatic N) is 1. The van der Waals surface area contributed by atoms with Crippen LogP contribution in [0.5, 0.6) is 0 Å². The lowest BCUT2D eigenvalue weighted by Gasteiger charge is -2.10. The number of aromatic nitrogens is 1. The summed E-state index contributed by atoms with van der Waals surface area (Å²) in [4.78, 5) is 13.5. The summed E-state index contributed by atoms with van der Waals surface area (Å²) in [5.74, 6) is -2.31. The van der Waals surface area contributed by atoms with Crippen molar-refractivity contribution in [1.29, 1.82) is 0 Å². The first kappa shape index (κ1) is 13.0. The maximum Gasteiger partial charge on any atom is 0.307 e. The highest BCUT2D eigenvalue weighted by Gasteiger charge is 2.21. The van der Waals surface area contributed by atoms with Gasteiger partial charge in [0.05, 0.1) is 6.42 Å². The largest absolute Gasteiger partial charge is 0.481 e. The van der Waals surface area contributed by atoms with Crippen LogP contribution in [0.2, 0.25) is 0 Å². The number of hydrogen-bond donors (Lipinski definition) is 1. The molecular weight excluding hydrogens is 291 g/mol. The fraction of sp³-hybridized carbons (Fsp3) is 0.333. The van der Waals surface area contributed by atoms with E-state index in [0.29, 0.717) is 0 Å². The molecule has 1 aromatic rings. The van der Waals surface area contributed by atoms with Gasteiger partial charge in [-0.2, -0.15) is 4.39 Å². The van der Waals surface area contributed by atoms with E-state index in [1.807, 2.05) is 0 Å². The molecule has 0 saturated heterocycles. The molecule has 0 aliphatic carbocycles. The van der Waals surface area contributed by atoms with Crippen molar-refractivity contribution in [1.82, 2.24) is 4.98 Å². The van der Waals surface area contributed by atoms with Gasteiger partial charge in [-0.15, -0.1) is 0 Å². The molecule has 7 heteroatoms. The summed E-state index contributed by atoms with van der Waals surface area (Å²) < 4.78 is 38.0. The lowest BCUT2D eigenvalue weighted by atomic mass is 10.0. The third-order valence-electron chi connectivity index (χ3n) is 1.90. The lowest BCUT2D eigenvalue weighted by Crippen LogP contribution is -2.10. The van der Waals surface area contributed by atoms with Crippen LogP contribution < -0.4 is 0 Å². The molecule has 88 valence electrons. The van der Waals surface area contributed by atoms with Gasteiger partial charge in [-0.05, 0) is 17.2 Å². The topological polar surface area (TPSA) is 50.2 Å². The Kier molecular flexibility index (Phi) is 4.28. The highest BCUT2D eigenvalue weighted by atomic mass is 79.9. The number of aliphatic carboxylic acids is 1. The third kappa shape index (κ3) is 2.94. The van der Waals surface area contributed by atoms with Gasteiger partial charge in [-0.3, -0.25) is 4.79 Å².